The smallest absolute Gasteiger partial charge is 0.0466 e. The van der Waals surface area contributed by atoms with E-state index in [-0.39, 0.29) is 0 Å². The van der Waals surface area contributed by atoms with E-state index in [1.807, 2.05) is 7.05 Å². The van der Waals surface area contributed by atoms with Crippen molar-refractivity contribution in [3.05, 3.63) is 0 Å². The first-order valence-electron chi connectivity index (χ1n) is 5.05. The molecule has 12 heavy (non-hydrogen) atoms. The number of ether oxygens (including phenoxy) is 1. The molecule has 0 saturated heterocycles. The molecule has 0 aliphatic heterocycles. The Morgan fingerprint density at radius 2 is 2.17 bits per heavy atom. The van der Waals surface area contributed by atoms with E-state index in [4.69, 9.17) is 4.74 Å². The lowest BCUT2D eigenvalue weighted by Crippen LogP contribution is -2.20. The zero-order valence-corrected chi connectivity index (χ0v) is 8.36. The molecule has 0 bridgehead atoms. The highest BCUT2D eigenvalue weighted by Gasteiger charge is 2.40. The van der Waals surface area contributed by atoms with Gasteiger partial charge in [-0.1, -0.05) is 0 Å². The van der Waals surface area contributed by atoms with E-state index in [0.717, 1.165) is 13.2 Å². The van der Waals surface area contributed by atoms with Crippen LogP contribution in [0, 0.1) is 5.41 Å². The summed E-state index contributed by atoms with van der Waals surface area (Å²) in [6.45, 7) is 5.06. The van der Waals surface area contributed by atoms with Gasteiger partial charge in [0.2, 0.25) is 0 Å². The van der Waals surface area contributed by atoms with Gasteiger partial charge in [-0.3, -0.25) is 0 Å². The van der Waals surface area contributed by atoms with Crippen molar-refractivity contribution in [1.82, 2.24) is 5.32 Å². The Morgan fingerprint density at radius 1 is 1.42 bits per heavy atom. The molecule has 0 amide bonds. The molecule has 1 fully saturated rings. The van der Waals surface area contributed by atoms with Gasteiger partial charge in [0.15, 0.2) is 0 Å². The first-order valence-corrected chi connectivity index (χ1v) is 5.05. The normalized spacial score (nSPS) is 19.5. The summed E-state index contributed by atoms with van der Waals surface area (Å²) < 4.78 is 5.31. The molecule has 1 N–H and O–H groups in total. The molecule has 1 aliphatic rings. The molecule has 1 rings (SSSR count). The van der Waals surface area contributed by atoms with E-state index >= 15 is 0 Å². The van der Waals surface area contributed by atoms with Gasteiger partial charge in [-0.05, 0) is 45.1 Å². The topological polar surface area (TPSA) is 21.3 Å². The highest BCUT2D eigenvalue weighted by molar-refractivity contribution is 4.94. The Labute approximate surface area is 75.7 Å². The van der Waals surface area contributed by atoms with Crippen molar-refractivity contribution in [1.29, 1.82) is 0 Å². The highest BCUT2D eigenvalue weighted by Crippen LogP contribution is 2.48. The second kappa shape index (κ2) is 4.83. The fourth-order valence-electron chi connectivity index (χ4n) is 1.76. The van der Waals surface area contributed by atoms with Gasteiger partial charge in [-0.25, -0.2) is 0 Å². The summed E-state index contributed by atoms with van der Waals surface area (Å²) in [5, 5.41) is 3.27. The molecule has 72 valence electrons. The first kappa shape index (κ1) is 10.0. The van der Waals surface area contributed by atoms with Crippen molar-refractivity contribution in [3.8, 4) is 0 Å². The van der Waals surface area contributed by atoms with E-state index in [9.17, 15) is 0 Å². The molecule has 0 radical (unpaired) electrons. The summed E-state index contributed by atoms with van der Waals surface area (Å²) in [5.74, 6) is 0. The average molecular weight is 171 g/mol. The average Bonchev–Trinajstić information content (AvgIpc) is 2.81. The zero-order valence-electron chi connectivity index (χ0n) is 8.36. The number of rotatable bonds is 7. The largest absolute Gasteiger partial charge is 0.382 e. The molecule has 1 saturated carbocycles. The van der Waals surface area contributed by atoms with Gasteiger partial charge in [0, 0.05) is 19.8 Å². The molecular weight excluding hydrogens is 150 g/mol. The van der Waals surface area contributed by atoms with Crippen molar-refractivity contribution in [3.63, 3.8) is 0 Å². The summed E-state index contributed by atoms with van der Waals surface area (Å²) in [6.07, 6.45) is 5.41. The monoisotopic (exact) mass is 171 g/mol. The van der Waals surface area contributed by atoms with E-state index in [2.05, 4.69) is 12.2 Å². The lowest BCUT2D eigenvalue weighted by atomic mass is 10.0. The maximum Gasteiger partial charge on any atom is 0.0466 e. The molecule has 0 spiro atoms. The first-order chi connectivity index (χ1) is 5.83. The van der Waals surface area contributed by atoms with Crippen molar-refractivity contribution in [2.75, 3.05) is 26.8 Å². The number of hydrogen-bond acceptors (Lipinski definition) is 2. The van der Waals surface area contributed by atoms with E-state index < -0.39 is 0 Å². The lowest BCUT2D eigenvalue weighted by Gasteiger charge is -2.13. The molecule has 0 unspecified atom stereocenters. The van der Waals surface area contributed by atoms with Crippen molar-refractivity contribution in [2.24, 2.45) is 5.41 Å². The Balaban J connectivity index is 1.98. The van der Waals surface area contributed by atoms with Crippen molar-refractivity contribution >= 4 is 0 Å². The summed E-state index contributed by atoms with van der Waals surface area (Å²) in [7, 11) is 2.04. The molecule has 0 heterocycles. The Morgan fingerprint density at radius 3 is 2.67 bits per heavy atom. The highest BCUT2D eigenvalue weighted by atomic mass is 16.5. The molecular formula is C10H21NO. The second-order valence-corrected chi connectivity index (χ2v) is 3.83. The van der Waals surface area contributed by atoms with Crippen LogP contribution >= 0.6 is 0 Å². The third-order valence-electron chi connectivity index (χ3n) is 2.71. The van der Waals surface area contributed by atoms with Gasteiger partial charge in [-0.2, -0.15) is 0 Å². The van der Waals surface area contributed by atoms with Gasteiger partial charge in [0.05, 0.1) is 0 Å². The van der Waals surface area contributed by atoms with Crippen LogP contribution < -0.4 is 5.32 Å². The molecule has 0 atom stereocenters. The van der Waals surface area contributed by atoms with Gasteiger partial charge in [0.1, 0.15) is 0 Å². The predicted octanol–water partition coefficient (Wildman–Crippen LogP) is 1.80. The van der Waals surface area contributed by atoms with Crippen LogP contribution in [0.2, 0.25) is 0 Å². The van der Waals surface area contributed by atoms with Crippen LogP contribution in [-0.4, -0.2) is 26.8 Å². The standard InChI is InChI=1S/C10H21NO/c1-3-12-8-4-5-10(6-7-10)9-11-2/h11H,3-9H2,1-2H3. The van der Waals surface area contributed by atoms with Crippen LogP contribution in [0.1, 0.15) is 32.6 Å². The van der Waals surface area contributed by atoms with Gasteiger partial charge in [0.25, 0.3) is 0 Å². The van der Waals surface area contributed by atoms with Crippen molar-refractivity contribution in [2.45, 2.75) is 32.6 Å². The molecule has 1 aliphatic carbocycles. The number of hydrogen-bond donors (Lipinski definition) is 1. The Kier molecular flexibility index (Phi) is 4.02. The Bertz CT molecular complexity index is 121. The molecule has 0 aromatic rings. The summed E-state index contributed by atoms with van der Waals surface area (Å²) >= 11 is 0. The van der Waals surface area contributed by atoms with Crippen LogP contribution in [-0.2, 0) is 4.74 Å². The minimum atomic E-state index is 0.659. The maximum atomic E-state index is 5.31. The van der Waals surface area contributed by atoms with Crippen LogP contribution in [0.4, 0.5) is 0 Å². The second-order valence-electron chi connectivity index (χ2n) is 3.83. The predicted molar refractivity (Wildman–Crippen MR) is 51.3 cm³/mol. The molecule has 2 nitrogen and oxygen atoms in total. The summed E-state index contributed by atoms with van der Waals surface area (Å²) in [4.78, 5) is 0. The van der Waals surface area contributed by atoms with E-state index in [1.54, 1.807) is 0 Å². The van der Waals surface area contributed by atoms with Gasteiger partial charge in [-0.15, -0.1) is 0 Å². The van der Waals surface area contributed by atoms with Crippen LogP contribution in [0.25, 0.3) is 0 Å². The maximum absolute atomic E-state index is 5.31. The zero-order chi connectivity index (χ0) is 8.86. The van der Waals surface area contributed by atoms with Gasteiger partial charge >= 0.3 is 0 Å². The molecule has 2 heteroatoms. The van der Waals surface area contributed by atoms with E-state index in [0.29, 0.717) is 5.41 Å². The van der Waals surface area contributed by atoms with Crippen LogP contribution in [0.3, 0.4) is 0 Å². The third-order valence-corrected chi connectivity index (χ3v) is 2.71. The van der Waals surface area contributed by atoms with Gasteiger partial charge < -0.3 is 10.1 Å². The van der Waals surface area contributed by atoms with Crippen LogP contribution in [0.15, 0.2) is 0 Å². The summed E-state index contributed by atoms with van der Waals surface area (Å²) in [6, 6.07) is 0. The fourth-order valence-corrected chi connectivity index (χ4v) is 1.76. The van der Waals surface area contributed by atoms with Crippen molar-refractivity contribution < 1.29 is 4.74 Å². The molecule has 0 aromatic heterocycles. The fraction of sp³-hybridized carbons (Fsp3) is 1.00. The quantitative estimate of drug-likeness (QED) is 0.590. The van der Waals surface area contributed by atoms with E-state index in [1.165, 1.54) is 32.2 Å². The minimum absolute atomic E-state index is 0.659. The minimum Gasteiger partial charge on any atom is -0.382 e. The Hall–Kier alpha value is -0.0800. The number of nitrogens with one attached hydrogen (secondary N) is 1. The molecule has 0 aromatic carbocycles. The lowest BCUT2D eigenvalue weighted by molar-refractivity contribution is 0.138. The summed E-state index contributed by atoms with van der Waals surface area (Å²) in [5.41, 5.74) is 0.659. The van der Waals surface area contributed by atoms with Crippen LogP contribution in [0.5, 0.6) is 0 Å². The third kappa shape index (κ3) is 3.11. The SMILES string of the molecule is CCOCCCC1(CNC)CC1.